The first-order chi connectivity index (χ1) is 39.1. The van der Waals surface area contributed by atoms with Crippen LogP contribution in [0.4, 0.5) is 0 Å². The van der Waals surface area contributed by atoms with E-state index in [2.05, 4.69) is 232 Å². The normalized spacial score (nSPS) is 13.1. The van der Waals surface area contributed by atoms with E-state index in [1.165, 1.54) is 186 Å². The third-order valence-corrected chi connectivity index (χ3v) is 18.1. The topological polar surface area (TPSA) is 25.8 Å². The number of hydrogen-bond donors (Lipinski definition) is 0. The second kappa shape index (κ2) is 15.7. The van der Waals surface area contributed by atoms with Crippen LogP contribution in [0.1, 0.15) is 18.1 Å². The van der Waals surface area contributed by atoms with E-state index in [0.29, 0.717) is 0 Å². The first kappa shape index (κ1) is 42.9. The molecule has 18 rings (SSSR count). The Morgan fingerprint density at radius 3 is 1.06 bits per heavy atom. The van der Waals surface area contributed by atoms with Crippen LogP contribution in [0.5, 0.6) is 0 Å². The maximum Gasteiger partial charge on any atom is 0.0787 e. The molecule has 2 aromatic heterocycles. The average molecular weight is 997 g/mol. The van der Waals surface area contributed by atoms with Crippen molar-refractivity contribution in [3.63, 3.8) is 0 Å². The van der Waals surface area contributed by atoms with Crippen LogP contribution >= 0.6 is 0 Å². The molecule has 3 aliphatic rings. The van der Waals surface area contributed by atoms with Crippen LogP contribution in [-0.2, 0) is 0 Å². The Hall–Kier alpha value is -10.3. The van der Waals surface area contributed by atoms with Crippen LogP contribution < -0.4 is 0 Å². The summed E-state index contributed by atoms with van der Waals surface area (Å²) >= 11 is 0. The zero-order valence-corrected chi connectivity index (χ0v) is 43.1. The highest BCUT2D eigenvalue weighted by atomic mass is 14.7. The Labute approximate surface area is 455 Å². The number of nitrogens with zero attached hydrogens (tertiary/aromatic N) is 2. The molecule has 0 atom stereocenters. The molecule has 0 bridgehead atoms. The molecule has 0 saturated carbocycles. The summed E-state index contributed by atoms with van der Waals surface area (Å²) < 4.78 is 0. The van der Waals surface area contributed by atoms with Gasteiger partial charge >= 0.3 is 0 Å². The molecular formula is C77H44N2. The van der Waals surface area contributed by atoms with Crippen molar-refractivity contribution in [1.29, 1.82) is 0 Å². The van der Waals surface area contributed by atoms with Gasteiger partial charge in [-0.05, 0) is 237 Å². The van der Waals surface area contributed by atoms with Crippen molar-refractivity contribution in [2.24, 2.45) is 0 Å². The molecule has 0 spiro atoms. The molecule has 0 fully saturated rings. The molecule has 0 aliphatic heterocycles. The van der Waals surface area contributed by atoms with Gasteiger partial charge in [0.25, 0.3) is 0 Å². The molecule has 0 saturated heterocycles. The lowest BCUT2D eigenvalue weighted by Crippen LogP contribution is -1.93. The van der Waals surface area contributed by atoms with E-state index in [-0.39, 0.29) is 0 Å². The molecular weight excluding hydrogens is 953 g/mol. The number of rotatable bonds is 5. The highest BCUT2D eigenvalue weighted by molar-refractivity contribution is 6.32. The van der Waals surface area contributed by atoms with Gasteiger partial charge in [0.05, 0.1) is 11.4 Å². The molecule has 0 N–H and O–H groups in total. The third-order valence-electron chi connectivity index (χ3n) is 18.1. The van der Waals surface area contributed by atoms with Crippen molar-refractivity contribution < 1.29 is 0 Å². The van der Waals surface area contributed by atoms with Crippen molar-refractivity contribution >= 4 is 108 Å². The molecule has 362 valence electrons. The fraction of sp³-hybridized carbons (Fsp3) is 0.0130. The molecule has 2 heteroatoms. The van der Waals surface area contributed by atoms with Crippen LogP contribution in [0.25, 0.3) is 186 Å². The summed E-state index contributed by atoms with van der Waals surface area (Å²) in [6.45, 7) is 6.28. The summed E-state index contributed by atoms with van der Waals surface area (Å²) in [6, 6.07) is 78.4. The Morgan fingerprint density at radius 1 is 0.291 bits per heavy atom. The SMILES string of the molecule is C=C/C=C\C1=C(C)c2cc3c4ccccc4c(-c4cc(-c5cc6c7cccc8c7c(cc6c6ccccc56)-c5ncccc5-8)cc(-c5cc6c7cccc8c7c(cc6c6ccccc56)-c5ncccc5-8)c4)cc3c3cccc1c23. The van der Waals surface area contributed by atoms with E-state index in [1.807, 2.05) is 18.5 Å². The van der Waals surface area contributed by atoms with E-state index in [1.54, 1.807) is 0 Å². The molecule has 3 aliphatic carbocycles. The molecule has 15 aromatic rings. The van der Waals surface area contributed by atoms with Crippen LogP contribution in [-0.4, -0.2) is 9.97 Å². The van der Waals surface area contributed by atoms with Crippen molar-refractivity contribution in [3.8, 4) is 78.1 Å². The summed E-state index contributed by atoms with van der Waals surface area (Å²) in [5.41, 5.74) is 21.7. The average Bonchev–Trinajstić information content (AvgIpc) is 4.36. The first-order valence-corrected chi connectivity index (χ1v) is 27.4. The van der Waals surface area contributed by atoms with E-state index in [0.717, 1.165) is 11.4 Å². The predicted molar refractivity (Wildman–Crippen MR) is 337 cm³/mol. The molecule has 2 nitrogen and oxygen atoms in total. The second-order valence-electron chi connectivity index (χ2n) is 21.9. The van der Waals surface area contributed by atoms with Crippen molar-refractivity contribution in [2.75, 3.05) is 0 Å². The minimum atomic E-state index is 1.06. The van der Waals surface area contributed by atoms with Gasteiger partial charge in [0.15, 0.2) is 0 Å². The third kappa shape index (κ3) is 5.69. The van der Waals surface area contributed by atoms with Gasteiger partial charge in [-0.3, -0.25) is 9.97 Å². The maximum absolute atomic E-state index is 4.98. The van der Waals surface area contributed by atoms with Crippen LogP contribution in [0.15, 0.2) is 243 Å². The number of allylic oxidation sites excluding steroid dienone is 5. The highest BCUT2D eigenvalue weighted by Crippen LogP contribution is 2.54. The number of hydrogen-bond acceptors (Lipinski definition) is 2. The highest BCUT2D eigenvalue weighted by Gasteiger charge is 2.28. The Balaban J connectivity index is 0.964. The van der Waals surface area contributed by atoms with Gasteiger partial charge in [0, 0.05) is 34.6 Å². The fourth-order valence-electron chi connectivity index (χ4n) is 14.7. The van der Waals surface area contributed by atoms with Crippen LogP contribution in [0.2, 0.25) is 0 Å². The van der Waals surface area contributed by atoms with Gasteiger partial charge in [-0.1, -0.05) is 164 Å². The molecule has 2 heterocycles. The van der Waals surface area contributed by atoms with Gasteiger partial charge in [-0.2, -0.15) is 0 Å². The second-order valence-corrected chi connectivity index (χ2v) is 21.9. The van der Waals surface area contributed by atoms with Gasteiger partial charge in [-0.25, -0.2) is 0 Å². The molecule has 13 aromatic carbocycles. The smallest absolute Gasteiger partial charge is 0.0787 e. The van der Waals surface area contributed by atoms with Gasteiger partial charge in [0.1, 0.15) is 0 Å². The van der Waals surface area contributed by atoms with E-state index >= 15 is 0 Å². The quantitative estimate of drug-likeness (QED) is 0.127. The summed E-state index contributed by atoms with van der Waals surface area (Å²) in [5.74, 6) is 0. The predicted octanol–water partition coefficient (Wildman–Crippen LogP) is 21.1. The van der Waals surface area contributed by atoms with Gasteiger partial charge in [-0.15, -0.1) is 0 Å². The fourth-order valence-corrected chi connectivity index (χ4v) is 14.7. The minimum Gasteiger partial charge on any atom is -0.256 e. The molecule has 0 unspecified atom stereocenters. The Bertz CT molecular complexity index is 5220. The minimum absolute atomic E-state index is 1.06. The zero-order valence-electron chi connectivity index (χ0n) is 43.1. The van der Waals surface area contributed by atoms with E-state index in [9.17, 15) is 0 Å². The largest absolute Gasteiger partial charge is 0.256 e. The summed E-state index contributed by atoms with van der Waals surface area (Å²) in [7, 11) is 0. The summed E-state index contributed by atoms with van der Waals surface area (Å²) in [4.78, 5) is 9.96. The summed E-state index contributed by atoms with van der Waals surface area (Å²) in [5, 5.41) is 22.5. The zero-order chi connectivity index (χ0) is 51.8. The number of fused-ring (bicyclic) bond motifs is 18. The molecule has 79 heavy (non-hydrogen) atoms. The van der Waals surface area contributed by atoms with Crippen LogP contribution in [0, 0.1) is 0 Å². The Morgan fingerprint density at radius 2 is 0.633 bits per heavy atom. The van der Waals surface area contributed by atoms with Crippen LogP contribution in [0.3, 0.4) is 0 Å². The van der Waals surface area contributed by atoms with Crippen molar-refractivity contribution in [1.82, 2.24) is 9.97 Å². The lowest BCUT2D eigenvalue weighted by Gasteiger charge is -2.19. The number of benzene rings is 13. The van der Waals surface area contributed by atoms with E-state index < -0.39 is 0 Å². The number of aromatic nitrogens is 2. The lowest BCUT2D eigenvalue weighted by molar-refractivity contribution is 1.35. The Kier molecular flexibility index (Phi) is 8.51. The van der Waals surface area contributed by atoms with Gasteiger partial charge < -0.3 is 0 Å². The van der Waals surface area contributed by atoms with E-state index in [4.69, 9.17) is 9.97 Å². The lowest BCUT2D eigenvalue weighted by atomic mass is 9.84. The monoisotopic (exact) mass is 996 g/mol. The molecule has 0 amide bonds. The van der Waals surface area contributed by atoms with Gasteiger partial charge in [0.2, 0.25) is 0 Å². The standard InChI is InChI=1S/C77H44N2/c1-3-4-16-46-42(2)61-36-65-50-20-8-5-17-47(50)62(37-68(65)56-26-11-23-53(46)73(56)61)43-33-44(63-38-69-57-27-12-24-54-59-29-14-31-78-76(59)71(74(54)57)40-66(69)51-21-9-6-18-48(51)63)35-45(34-43)64-39-70-58-28-13-25-55-60-30-15-32-79-77(60)72(75(55)58)41-67(70)52-22-10-7-19-49(52)64/h3-41H,1H2,2H3/b16-4-. The molecule has 0 radical (unpaired) electrons. The first-order valence-electron chi connectivity index (χ1n) is 27.4. The van der Waals surface area contributed by atoms with Crippen molar-refractivity contribution in [3.05, 3.63) is 255 Å². The maximum atomic E-state index is 4.98. The summed E-state index contributed by atoms with van der Waals surface area (Å²) in [6.07, 6.45) is 10.0. The number of pyridine rings is 2. The van der Waals surface area contributed by atoms with Crippen molar-refractivity contribution in [2.45, 2.75) is 6.92 Å².